The van der Waals surface area contributed by atoms with E-state index in [4.69, 9.17) is 15.0 Å². The highest BCUT2D eigenvalue weighted by molar-refractivity contribution is 6.28. The minimum Gasteiger partial charge on any atom is -0.308 e. The van der Waals surface area contributed by atoms with Crippen LogP contribution in [0.5, 0.6) is 0 Å². The highest BCUT2D eigenvalue weighted by Crippen LogP contribution is 2.45. The summed E-state index contributed by atoms with van der Waals surface area (Å²) in [6.07, 6.45) is 0.949. The molecule has 0 aliphatic heterocycles. The highest BCUT2D eigenvalue weighted by Gasteiger charge is 2.23. The lowest BCUT2D eigenvalue weighted by Gasteiger charge is -2.11. The first-order valence-corrected chi connectivity index (χ1v) is 19.5. The number of para-hydroxylation sites is 3. The Hall–Kier alpha value is -7.63. The zero-order valence-electron chi connectivity index (χ0n) is 30.7. The Morgan fingerprint density at radius 2 is 0.842 bits per heavy atom. The van der Waals surface area contributed by atoms with Crippen molar-refractivity contribution < 1.29 is 0 Å². The van der Waals surface area contributed by atoms with E-state index in [0.29, 0.717) is 17.6 Å². The lowest BCUT2D eigenvalue weighted by atomic mass is 10.0. The van der Waals surface area contributed by atoms with Crippen molar-refractivity contribution >= 4 is 81.4 Å². The standard InChI is InChI=1S/C52H31N5/c1-3-14-31(15-4-1)50-53-51(32-16-5-2-6-17-32)55-52(54-50)57-44-27-10-8-21-36(44)41-29-42-40-25-13-24-39-38-23-12-19-34-28-33-18-11-22-37(47(33)48(34)38)35-20-7-9-26-43(35)56(49(39)40)45(42)30-46(41)57/h1-27,29-30H,28H2. The molecule has 4 heterocycles. The van der Waals surface area contributed by atoms with Gasteiger partial charge in [0.1, 0.15) is 0 Å². The summed E-state index contributed by atoms with van der Waals surface area (Å²) in [4.78, 5) is 15.5. The third-order valence-electron chi connectivity index (χ3n) is 12.1. The fourth-order valence-corrected chi connectivity index (χ4v) is 9.74. The summed E-state index contributed by atoms with van der Waals surface area (Å²) in [6, 6.07) is 63.3. The molecule has 0 saturated heterocycles. The molecule has 5 heteroatoms. The molecule has 57 heavy (non-hydrogen) atoms. The molecule has 0 amide bonds. The van der Waals surface area contributed by atoms with Crippen LogP contribution in [0, 0.1) is 0 Å². The van der Waals surface area contributed by atoms with Crippen LogP contribution in [0.1, 0.15) is 11.1 Å². The quantitative estimate of drug-likeness (QED) is 0.182. The Morgan fingerprint density at radius 1 is 0.351 bits per heavy atom. The van der Waals surface area contributed by atoms with E-state index in [1.807, 2.05) is 36.4 Å². The number of hydrogen-bond acceptors (Lipinski definition) is 3. The van der Waals surface area contributed by atoms with Crippen LogP contribution in [0.2, 0.25) is 0 Å². The topological polar surface area (TPSA) is 48.0 Å². The molecule has 1 aliphatic rings. The largest absolute Gasteiger partial charge is 0.308 e. The molecule has 13 rings (SSSR count). The third-order valence-corrected chi connectivity index (χ3v) is 12.1. The van der Waals surface area contributed by atoms with Crippen molar-refractivity contribution in [2.75, 3.05) is 0 Å². The molecule has 0 N–H and O–H groups in total. The van der Waals surface area contributed by atoms with Crippen LogP contribution < -0.4 is 0 Å². The Morgan fingerprint density at radius 3 is 1.51 bits per heavy atom. The minimum atomic E-state index is 0.583. The van der Waals surface area contributed by atoms with Gasteiger partial charge in [-0.25, -0.2) is 4.98 Å². The molecule has 12 aromatic rings. The second-order valence-corrected chi connectivity index (χ2v) is 15.2. The van der Waals surface area contributed by atoms with E-state index in [2.05, 4.69) is 148 Å². The first kappa shape index (κ1) is 30.7. The molecule has 0 fully saturated rings. The maximum Gasteiger partial charge on any atom is 0.238 e. The summed E-state index contributed by atoms with van der Waals surface area (Å²) in [5.41, 5.74) is 10.3. The van der Waals surface area contributed by atoms with Gasteiger partial charge in [-0.15, -0.1) is 0 Å². The van der Waals surface area contributed by atoms with Crippen molar-refractivity contribution in [1.82, 2.24) is 23.9 Å². The smallest absolute Gasteiger partial charge is 0.238 e. The highest BCUT2D eigenvalue weighted by atomic mass is 15.2. The normalized spacial score (nSPS) is 12.5. The Balaban J connectivity index is 1.24. The van der Waals surface area contributed by atoms with E-state index < -0.39 is 0 Å². The van der Waals surface area contributed by atoms with Crippen LogP contribution in [0.15, 0.2) is 176 Å². The van der Waals surface area contributed by atoms with E-state index in [9.17, 15) is 0 Å². The van der Waals surface area contributed by atoms with Crippen LogP contribution >= 0.6 is 0 Å². The summed E-state index contributed by atoms with van der Waals surface area (Å²) in [5.74, 6) is 1.85. The monoisotopic (exact) mass is 725 g/mol. The molecule has 4 aromatic heterocycles. The van der Waals surface area contributed by atoms with Gasteiger partial charge in [-0.05, 0) is 63.4 Å². The minimum absolute atomic E-state index is 0.583. The van der Waals surface area contributed by atoms with Crippen molar-refractivity contribution in [2.24, 2.45) is 0 Å². The second kappa shape index (κ2) is 11.4. The zero-order valence-corrected chi connectivity index (χ0v) is 30.7. The van der Waals surface area contributed by atoms with E-state index >= 15 is 0 Å². The van der Waals surface area contributed by atoms with Gasteiger partial charge in [-0.2, -0.15) is 9.97 Å². The fourth-order valence-electron chi connectivity index (χ4n) is 9.74. The number of fused-ring (bicyclic) bond motifs is 10. The van der Waals surface area contributed by atoms with Gasteiger partial charge in [0.2, 0.25) is 5.95 Å². The van der Waals surface area contributed by atoms with Crippen LogP contribution in [0.4, 0.5) is 0 Å². The molecule has 0 unspecified atom stereocenters. The van der Waals surface area contributed by atoms with Gasteiger partial charge in [-0.1, -0.05) is 152 Å². The molecule has 5 nitrogen and oxygen atoms in total. The van der Waals surface area contributed by atoms with Gasteiger partial charge in [0.25, 0.3) is 0 Å². The van der Waals surface area contributed by atoms with E-state index in [1.54, 1.807) is 0 Å². The summed E-state index contributed by atoms with van der Waals surface area (Å²) in [5, 5.41) is 12.5. The molecule has 264 valence electrons. The molecule has 0 saturated carbocycles. The number of benzene rings is 8. The van der Waals surface area contributed by atoms with Crippen molar-refractivity contribution in [2.45, 2.75) is 6.42 Å². The first-order valence-electron chi connectivity index (χ1n) is 19.5. The van der Waals surface area contributed by atoms with Gasteiger partial charge in [0.15, 0.2) is 11.6 Å². The fraction of sp³-hybridized carbons (Fsp3) is 0.0192. The van der Waals surface area contributed by atoms with Crippen molar-refractivity contribution in [1.29, 1.82) is 0 Å². The van der Waals surface area contributed by atoms with Gasteiger partial charge < -0.3 is 4.40 Å². The zero-order chi connectivity index (χ0) is 37.2. The molecule has 1 aliphatic carbocycles. The Labute approximate surface area is 326 Å². The molecular weight excluding hydrogens is 695 g/mol. The number of nitrogens with zero attached hydrogens (tertiary/aromatic N) is 5. The van der Waals surface area contributed by atoms with Crippen molar-refractivity contribution in [3.05, 3.63) is 187 Å². The summed E-state index contributed by atoms with van der Waals surface area (Å²) in [6.45, 7) is 0. The maximum atomic E-state index is 5.24. The SMILES string of the molecule is c1ccc(-c2nc(-c3ccccc3)nc(-n3c4ccccc4c4cc5c6cccc7c8cccc9c8c8c(cccc8c8ccccc8n(c5cc43)c76)C9)n2)cc1. The van der Waals surface area contributed by atoms with Gasteiger partial charge in [-0.3, -0.25) is 4.57 Å². The third kappa shape index (κ3) is 4.25. The number of hydrogen-bond donors (Lipinski definition) is 0. The summed E-state index contributed by atoms with van der Waals surface area (Å²) < 4.78 is 4.76. The summed E-state index contributed by atoms with van der Waals surface area (Å²) >= 11 is 0. The molecule has 0 spiro atoms. The van der Waals surface area contributed by atoms with E-state index in [1.165, 1.54) is 65.3 Å². The van der Waals surface area contributed by atoms with Gasteiger partial charge in [0.05, 0.1) is 27.6 Å². The van der Waals surface area contributed by atoms with Crippen LogP contribution in [-0.4, -0.2) is 23.9 Å². The molecular formula is C52H31N5. The van der Waals surface area contributed by atoms with Crippen LogP contribution in [0.25, 0.3) is 110 Å². The number of rotatable bonds is 3. The Kier molecular flexibility index (Phi) is 6.16. The van der Waals surface area contributed by atoms with Crippen molar-refractivity contribution in [3.8, 4) is 28.7 Å². The second-order valence-electron chi connectivity index (χ2n) is 15.2. The van der Waals surface area contributed by atoms with Crippen LogP contribution in [0.3, 0.4) is 0 Å². The molecule has 0 atom stereocenters. The Bertz CT molecular complexity index is 3650. The lowest BCUT2D eigenvalue weighted by molar-refractivity contribution is 0.953. The number of aromatic nitrogens is 5. The first-order chi connectivity index (χ1) is 28.3. The van der Waals surface area contributed by atoms with Gasteiger partial charge in [0, 0.05) is 43.4 Å². The average molecular weight is 726 g/mol. The van der Waals surface area contributed by atoms with Gasteiger partial charge >= 0.3 is 0 Å². The van der Waals surface area contributed by atoms with Crippen LogP contribution in [-0.2, 0) is 6.42 Å². The predicted molar refractivity (Wildman–Crippen MR) is 235 cm³/mol. The predicted octanol–water partition coefficient (Wildman–Crippen LogP) is 12.8. The summed E-state index contributed by atoms with van der Waals surface area (Å²) in [7, 11) is 0. The molecule has 0 bridgehead atoms. The van der Waals surface area contributed by atoms with E-state index in [-0.39, 0.29) is 0 Å². The average Bonchev–Trinajstić information content (AvgIpc) is 3.94. The van der Waals surface area contributed by atoms with E-state index in [0.717, 1.165) is 44.9 Å². The molecule has 8 aromatic carbocycles. The lowest BCUT2D eigenvalue weighted by Crippen LogP contribution is -2.06. The maximum absolute atomic E-state index is 5.24. The van der Waals surface area contributed by atoms with Crippen molar-refractivity contribution in [3.63, 3.8) is 0 Å². The molecule has 0 radical (unpaired) electrons.